The first-order chi connectivity index (χ1) is 14.5. The Balaban J connectivity index is 1.44. The Hall–Kier alpha value is -2.87. The van der Waals surface area contributed by atoms with Crippen LogP contribution in [0.4, 0.5) is 4.39 Å². The zero-order valence-electron chi connectivity index (χ0n) is 17.0. The van der Waals surface area contributed by atoms with E-state index in [0.29, 0.717) is 43.1 Å². The molecule has 4 atom stereocenters. The van der Waals surface area contributed by atoms with Gasteiger partial charge in [-0.25, -0.2) is 4.39 Å². The van der Waals surface area contributed by atoms with Gasteiger partial charge in [-0.2, -0.15) is 4.98 Å². The highest BCUT2D eigenvalue weighted by Crippen LogP contribution is 2.39. The number of fused-ring (bicyclic) bond motifs is 1. The summed E-state index contributed by atoms with van der Waals surface area (Å²) in [6.07, 6.45) is 0.163. The number of carbonyl (C=O) groups is 1. The zero-order chi connectivity index (χ0) is 21.3. The molecule has 1 saturated carbocycles. The Morgan fingerprint density at radius 2 is 1.77 bits per heavy atom. The fraction of sp³-hybridized carbons (Fsp3) is 0.455. The second-order valence-corrected chi connectivity index (χ2v) is 7.79. The van der Waals surface area contributed by atoms with Gasteiger partial charge in [-0.3, -0.25) is 4.79 Å². The standard InChI is InChI=1S/C22H25FN2O5/c1-28-20-8-7-17(21(24-20)29-2)22(27)25-11-13-9-18(26)19(10-14(13)12-25)30-16-5-3-15(23)4-6-16/h3-8,13-14,18-19,26H,9-12H2,1-2H3/t13-,14+,18+,19+/m0/s1. The minimum absolute atomic E-state index is 0.151. The number of pyridine rings is 1. The van der Waals surface area contributed by atoms with Crippen molar-refractivity contribution in [2.45, 2.75) is 25.0 Å². The number of methoxy groups -OCH3 is 2. The zero-order valence-corrected chi connectivity index (χ0v) is 17.0. The number of hydrogen-bond acceptors (Lipinski definition) is 6. The molecule has 1 saturated heterocycles. The van der Waals surface area contributed by atoms with Gasteiger partial charge in [-0.15, -0.1) is 0 Å². The maximum Gasteiger partial charge on any atom is 0.259 e. The van der Waals surface area contributed by atoms with Crippen LogP contribution in [-0.4, -0.2) is 60.4 Å². The first kappa shape index (κ1) is 20.4. The van der Waals surface area contributed by atoms with E-state index >= 15 is 0 Å². The molecule has 160 valence electrons. The summed E-state index contributed by atoms with van der Waals surface area (Å²) < 4.78 is 29.4. The van der Waals surface area contributed by atoms with Crippen molar-refractivity contribution in [1.82, 2.24) is 9.88 Å². The van der Waals surface area contributed by atoms with Gasteiger partial charge in [0.15, 0.2) is 0 Å². The van der Waals surface area contributed by atoms with Gasteiger partial charge in [0.1, 0.15) is 23.2 Å². The first-order valence-electron chi connectivity index (χ1n) is 9.97. The van der Waals surface area contributed by atoms with Gasteiger partial charge in [0.25, 0.3) is 5.91 Å². The van der Waals surface area contributed by atoms with Crippen molar-refractivity contribution in [1.29, 1.82) is 0 Å². The summed E-state index contributed by atoms with van der Waals surface area (Å²) >= 11 is 0. The number of likely N-dealkylation sites (tertiary alicyclic amines) is 1. The molecular weight excluding hydrogens is 391 g/mol. The second kappa shape index (κ2) is 8.47. The van der Waals surface area contributed by atoms with E-state index < -0.39 is 6.10 Å². The van der Waals surface area contributed by atoms with Gasteiger partial charge in [-0.05, 0) is 55.0 Å². The third kappa shape index (κ3) is 4.05. The lowest BCUT2D eigenvalue weighted by molar-refractivity contribution is -0.0231. The van der Waals surface area contributed by atoms with Crippen molar-refractivity contribution in [2.24, 2.45) is 11.8 Å². The third-order valence-corrected chi connectivity index (χ3v) is 5.94. The number of aliphatic hydroxyl groups excluding tert-OH is 1. The minimum atomic E-state index is -0.636. The van der Waals surface area contributed by atoms with Crippen molar-refractivity contribution in [2.75, 3.05) is 27.3 Å². The number of aliphatic hydroxyl groups is 1. The van der Waals surface area contributed by atoms with Crippen molar-refractivity contribution in [3.05, 3.63) is 47.8 Å². The highest BCUT2D eigenvalue weighted by molar-refractivity contribution is 5.96. The van der Waals surface area contributed by atoms with E-state index in [1.165, 1.54) is 26.4 Å². The van der Waals surface area contributed by atoms with Gasteiger partial charge >= 0.3 is 0 Å². The van der Waals surface area contributed by atoms with Crippen molar-refractivity contribution >= 4 is 5.91 Å². The largest absolute Gasteiger partial charge is 0.488 e. The molecule has 7 nitrogen and oxygen atoms in total. The molecular formula is C22H25FN2O5. The molecule has 1 aliphatic heterocycles. The number of halogens is 1. The lowest BCUT2D eigenvalue weighted by atomic mass is 9.78. The molecule has 1 aliphatic carbocycles. The van der Waals surface area contributed by atoms with Crippen molar-refractivity contribution in [3.63, 3.8) is 0 Å². The highest BCUT2D eigenvalue weighted by atomic mass is 19.1. The van der Waals surface area contributed by atoms with Gasteiger partial charge in [0, 0.05) is 19.2 Å². The van der Waals surface area contributed by atoms with Crippen molar-refractivity contribution < 1.29 is 28.5 Å². The molecule has 0 unspecified atom stereocenters. The normalized spacial score (nSPS) is 25.5. The lowest BCUT2D eigenvalue weighted by Crippen LogP contribution is -2.42. The molecule has 1 aromatic carbocycles. The van der Waals surface area contributed by atoms with E-state index in [1.807, 2.05) is 0 Å². The molecule has 0 radical (unpaired) electrons. The number of nitrogens with zero attached hydrogens (tertiary/aromatic N) is 2. The summed E-state index contributed by atoms with van der Waals surface area (Å²) in [6, 6.07) is 9.07. The van der Waals surface area contributed by atoms with Crippen LogP contribution < -0.4 is 14.2 Å². The van der Waals surface area contributed by atoms with Crippen LogP contribution in [0.25, 0.3) is 0 Å². The predicted octanol–water partition coefficient (Wildman–Crippen LogP) is 2.53. The topological polar surface area (TPSA) is 81.1 Å². The third-order valence-electron chi connectivity index (χ3n) is 5.94. The van der Waals surface area contributed by atoms with E-state index in [1.54, 1.807) is 29.2 Å². The van der Waals surface area contributed by atoms with Gasteiger partial charge in [0.2, 0.25) is 11.8 Å². The summed E-state index contributed by atoms with van der Waals surface area (Å²) in [7, 11) is 2.97. The number of benzene rings is 1. The molecule has 0 bridgehead atoms. The Morgan fingerprint density at radius 1 is 1.07 bits per heavy atom. The smallest absolute Gasteiger partial charge is 0.259 e. The van der Waals surface area contributed by atoms with Crippen LogP contribution in [0.2, 0.25) is 0 Å². The molecule has 1 aromatic heterocycles. The van der Waals surface area contributed by atoms with E-state index in [0.717, 1.165) is 0 Å². The molecule has 30 heavy (non-hydrogen) atoms. The van der Waals surface area contributed by atoms with Gasteiger partial charge < -0.3 is 24.2 Å². The minimum Gasteiger partial charge on any atom is -0.488 e. The summed E-state index contributed by atoms with van der Waals surface area (Å²) in [5, 5.41) is 10.6. The summed E-state index contributed by atoms with van der Waals surface area (Å²) in [5.41, 5.74) is 0.386. The molecule has 4 rings (SSSR count). The van der Waals surface area contributed by atoms with E-state index in [-0.39, 0.29) is 35.5 Å². The van der Waals surface area contributed by atoms with Crippen LogP contribution in [0.5, 0.6) is 17.5 Å². The van der Waals surface area contributed by atoms with E-state index in [4.69, 9.17) is 14.2 Å². The lowest BCUT2D eigenvalue weighted by Gasteiger charge is -2.35. The maximum atomic E-state index is 13.1. The van der Waals surface area contributed by atoms with Crippen LogP contribution in [0.15, 0.2) is 36.4 Å². The van der Waals surface area contributed by atoms with E-state index in [2.05, 4.69) is 4.98 Å². The van der Waals surface area contributed by atoms with E-state index in [9.17, 15) is 14.3 Å². The predicted molar refractivity (Wildman–Crippen MR) is 106 cm³/mol. The fourth-order valence-electron chi connectivity index (χ4n) is 4.40. The molecule has 1 amide bonds. The van der Waals surface area contributed by atoms with Crippen LogP contribution in [0.3, 0.4) is 0 Å². The molecule has 1 N–H and O–H groups in total. The number of carbonyl (C=O) groups excluding carboxylic acids is 1. The Bertz CT molecular complexity index is 907. The number of hydrogen-bond donors (Lipinski definition) is 1. The Morgan fingerprint density at radius 3 is 2.43 bits per heavy atom. The second-order valence-electron chi connectivity index (χ2n) is 7.79. The fourth-order valence-corrected chi connectivity index (χ4v) is 4.40. The summed E-state index contributed by atoms with van der Waals surface area (Å²) in [4.78, 5) is 19.1. The van der Waals surface area contributed by atoms with Crippen LogP contribution in [0, 0.1) is 17.7 Å². The number of rotatable bonds is 5. The van der Waals surface area contributed by atoms with Crippen LogP contribution >= 0.6 is 0 Å². The maximum absolute atomic E-state index is 13.1. The molecule has 2 fully saturated rings. The highest BCUT2D eigenvalue weighted by Gasteiger charge is 2.44. The average molecular weight is 416 g/mol. The Labute approximate surface area is 174 Å². The summed E-state index contributed by atoms with van der Waals surface area (Å²) in [5.74, 6) is 1.07. The monoisotopic (exact) mass is 416 g/mol. The first-order valence-corrected chi connectivity index (χ1v) is 9.97. The van der Waals surface area contributed by atoms with Crippen LogP contribution in [-0.2, 0) is 0 Å². The summed E-state index contributed by atoms with van der Waals surface area (Å²) in [6.45, 7) is 1.15. The van der Waals surface area contributed by atoms with Gasteiger partial charge in [0.05, 0.1) is 20.3 Å². The van der Waals surface area contributed by atoms with Crippen LogP contribution in [0.1, 0.15) is 23.2 Å². The van der Waals surface area contributed by atoms with Gasteiger partial charge in [-0.1, -0.05) is 0 Å². The average Bonchev–Trinajstić information content (AvgIpc) is 3.17. The Kier molecular flexibility index (Phi) is 5.76. The van der Waals surface area contributed by atoms with Crippen molar-refractivity contribution in [3.8, 4) is 17.5 Å². The molecule has 2 heterocycles. The number of aromatic nitrogens is 1. The molecule has 2 aromatic rings. The number of ether oxygens (including phenoxy) is 3. The SMILES string of the molecule is COc1ccc(C(=O)N2C[C@H]3C[C@@H](Oc4ccc(F)cc4)[C@H](O)C[C@H]3C2)c(OC)n1. The quantitative estimate of drug-likeness (QED) is 0.807. The molecule has 8 heteroatoms. The molecule has 0 spiro atoms. The molecule has 2 aliphatic rings. The number of amides is 1.